The quantitative estimate of drug-likeness (QED) is 0.677. The SMILES string of the molecule is CC(C)c1noc(-c2ccnc(NCc3ccc(CN(C)C)c(F)c3)c2)n1. The number of nitrogens with one attached hydrogen (secondary N) is 1. The first-order chi connectivity index (χ1) is 12.9. The van der Waals surface area contributed by atoms with Gasteiger partial charge < -0.3 is 14.7 Å². The molecule has 6 nitrogen and oxygen atoms in total. The lowest BCUT2D eigenvalue weighted by molar-refractivity contribution is 0.392. The van der Waals surface area contributed by atoms with Crippen molar-refractivity contribution in [2.75, 3.05) is 19.4 Å². The van der Waals surface area contributed by atoms with E-state index >= 15 is 0 Å². The molecule has 2 heterocycles. The zero-order valence-electron chi connectivity index (χ0n) is 16.0. The van der Waals surface area contributed by atoms with Crippen LogP contribution in [0.3, 0.4) is 0 Å². The molecule has 27 heavy (non-hydrogen) atoms. The van der Waals surface area contributed by atoms with Crippen LogP contribution >= 0.6 is 0 Å². The van der Waals surface area contributed by atoms with Gasteiger partial charge >= 0.3 is 0 Å². The number of aromatic nitrogens is 3. The van der Waals surface area contributed by atoms with Gasteiger partial charge in [-0.15, -0.1) is 0 Å². The van der Waals surface area contributed by atoms with Crippen LogP contribution in [0.5, 0.6) is 0 Å². The summed E-state index contributed by atoms with van der Waals surface area (Å²) in [5, 5.41) is 7.19. The van der Waals surface area contributed by atoms with Crippen LogP contribution in [0.15, 0.2) is 41.1 Å². The average Bonchev–Trinajstić information content (AvgIpc) is 3.12. The second kappa shape index (κ2) is 8.26. The summed E-state index contributed by atoms with van der Waals surface area (Å²) in [7, 11) is 3.84. The highest BCUT2D eigenvalue weighted by molar-refractivity contribution is 5.58. The molecule has 0 saturated heterocycles. The van der Waals surface area contributed by atoms with Crippen LogP contribution in [0.25, 0.3) is 11.5 Å². The minimum atomic E-state index is -0.197. The normalized spacial score (nSPS) is 11.4. The van der Waals surface area contributed by atoms with Crippen LogP contribution < -0.4 is 5.32 Å². The fraction of sp³-hybridized carbons (Fsp3) is 0.350. The van der Waals surface area contributed by atoms with E-state index in [4.69, 9.17) is 4.52 Å². The molecule has 3 rings (SSSR count). The Kier molecular flexibility index (Phi) is 5.81. The molecule has 7 heteroatoms. The number of nitrogens with zero attached hydrogens (tertiary/aromatic N) is 4. The molecule has 2 aromatic heterocycles. The lowest BCUT2D eigenvalue weighted by atomic mass is 10.1. The van der Waals surface area contributed by atoms with Gasteiger partial charge in [0.25, 0.3) is 5.89 Å². The Morgan fingerprint density at radius 3 is 2.67 bits per heavy atom. The molecule has 142 valence electrons. The zero-order chi connectivity index (χ0) is 19.4. The molecule has 0 saturated carbocycles. The fourth-order valence-corrected chi connectivity index (χ4v) is 2.61. The van der Waals surface area contributed by atoms with Crippen molar-refractivity contribution in [3.63, 3.8) is 0 Å². The summed E-state index contributed by atoms with van der Waals surface area (Å²) in [5.41, 5.74) is 2.32. The second-order valence-corrected chi connectivity index (χ2v) is 7.06. The predicted octanol–water partition coefficient (Wildman–Crippen LogP) is 4.07. The minimum absolute atomic E-state index is 0.197. The van der Waals surface area contributed by atoms with Crippen molar-refractivity contribution in [2.45, 2.75) is 32.9 Å². The number of rotatable bonds is 7. The molecule has 0 bridgehead atoms. The van der Waals surface area contributed by atoms with Gasteiger partial charge in [0.1, 0.15) is 11.6 Å². The van der Waals surface area contributed by atoms with Crippen LogP contribution in [-0.4, -0.2) is 34.1 Å². The van der Waals surface area contributed by atoms with Gasteiger partial charge in [-0.3, -0.25) is 0 Å². The summed E-state index contributed by atoms with van der Waals surface area (Å²) in [4.78, 5) is 10.6. The number of pyridine rings is 1. The van der Waals surface area contributed by atoms with Gasteiger partial charge in [-0.25, -0.2) is 9.37 Å². The van der Waals surface area contributed by atoms with E-state index in [1.165, 1.54) is 0 Å². The Morgan fingerprint density at radius 2 is 2.00 bits per heavy atom. The first kappa shape index (κ1) is 19.0. The summed E-state index contributed by atoms with van der Waals surface area (Å²) in [6.07, 6.45) is 1.68. The highest BCUT2D eigenvalue weighted by Gasteiger charge is 2.12. The molecule has 0 amide bonds. The third-order valence-corrected chi connectivity index (χ3v) is 4.04. The van der Waals surface area contributed by atoms with Crippen molar-refractivity contribution in [1.29, 1.82) is 0 Å². The van der Waals surface area contributed by atoms with E-state index in [0.29, 0.717) is 36.2 Å². The molecule has 1 N–H and O–H groups in total. The standard InChI is InChI=1S/C20H24FN5O/c1-13(2)19-24-20(27-25-19)15-7-8-22-18(10-15)23-11-14-5-6-16(12-26(3)4)17(21)9-14/h5-10,13H,11-12H2,1-4H3,(H,22,23). The number of anilines is 1. The monoisotopic (exact) mass is 369 g/mol. The summed E-state index contributed by atoms with van der Waals surface area (Å²) in [5.74, 6) is 1.80. The Labute approximate surface area is 158 Å². The second-order valence-electron chi connectivity index (χ2n) is 7.06. The van der Waals surface area contributed by atoms with Crippen LogP contribution in [0.4, 0.5) is 10.2 Å². The van der Waals surface area contributed by atoms with Crippen LogP contribution in [-0.2, 0) is 13.1 Å². The smallest absolute Gasteiger partial charge is 0.258 e. The lowest BCUT2D eigenvalue weighted by Crippen LogP contribution is -2.12. The van der Waals surface area contributed by atoms with Crippen molar-refractivity contribution < 1.29 is 8.91 Å². The number of halogens is 1. The Morgan fingerprint density at radius 1 is 1.19 bits per heavy atom. The number of benzene rings is 1. The van der Waals surface area contributed by atoms with Crippen LogP contribution in [0.1, 0.15) is 36.7 Å². The van der Waals surface area contributed by atoms with Crippen molar-refractivity contribution in [1.82, 2.24) is 20.0 Å². The van der Waals surface area contributed by atoms with Crippen LogP contribution in [0, 0.1) is 5.82 Å². The van der Waals surface area contributed by atoms with E-state index in [9.17, 15) is 4.39 Å². The van der Waals surface area contributed by atoms with Gasteiger partial charge in [-0.05, 0) is 37.9 Å². The maximum absolute atomic E-state index is 14.2. The highest BCUT2D eigenvalue weighted by atomic mass is 19.1. The lowest BCUT2D eigenvalue weighted by Gasteiger charge is -2.12. The number of hydrogen-bond donors (Lipinski definition) is 1. The Bertz CT molecular complexity index is 907. The molecule has 0 atom stereocenters. The van der Waals surface area contributed by atoms with Gasteiger partial charge in [0.2, 0.25) is 0 Å². The predicted molar refractivity (Wildman–Crippen MR) is 103 cm³/mol. The summed E-state index contributed by atoms with van der Waals surface area (Å²) in [6, 6.07) is 8.96. The number of hydrogen-bond acceptors (Lipinski definition) is 6. The molecule has 1 aromatic carbocycles. The van der Waals surface area contributed by atoms with E-state index in [2.05, 4.69) is 20.4 Å². The third-order valence-electron chi connectivity index (χ3n) is 4.04. The van der Waals surface area contributed by atoms with Gasteiger partial charge in [0.15, 0.2) is 5.82 Å². The van der Waals surface area contributed by atoms with Gasteiger partial charge in [0, 0.05) is 36.3 Å². The van der Waals surface area contributed by atoms with E-state index in [1.54, 1.807) is 12.3 Å². The molecule has 3 aromatic rings. The van der Waals surface area contributed by atoms with Crippen molar-refractivity contribution >= 4 is 5.82 Å². The third kappa shape index (κ3) is 4.89. The molecule has 0 fully saturated rings. The van der Waals surface area contributed by atoms with Gasteiger partial charge in [-0.1, -0.05) is 31.1 Å². The molecule has 0 aliphatic rings. The summed E-state index contributed by atoms with van der Waals surface area (Å²) in [6.45, 7) is 5.07. The van der Waals surface area contributed by atoms with Crippen molar-refractivity contribution in [3.8, 4) is 11.5 Å². The topological polar surface area (TPSA) is 67.1 Å². The molecule has 0 unspecified atom stereocenters. The first-order valence-corrected chi connectivity index (χ1v) is 8.88. The summed E-state index contributed by atoms with van der Waals surface area (Å²) < 4.78 is 19.5. The van der Waals surface area contributed by atoms with E-state index in [0.717, 1.165) is 11.1 Å². The zero-order valence-corrected chi connectivity index (χ0v) is 16.0. The maximum Gasteiger partial charge on any atom is 0.258 e. The molecule has 0 radical (unpaired) electrons. The molecular weight excluding hydrogens is 345 g/mol. The van der Waals surface area contributed by atoms with Crippen LogP contribution in [0.2, 0.25) is 0 Å². The molecule has 0 aliphatic carbocycles. The Hall–Kier alpha value is -2.80. The maximum atomic E-state index is 14.2. The highest BCUT2D eigenvalue weighted by Crippen LogP contribution is 2.22. The van der Waals surface area contributed by atoms with Gasteiger partial charge in [0.05, 0.1) is 0 Å². The van der Waals surface area contributed by atoms with E-state index in [1.807, 2.05) is 57.1 Å². The van der Waals surface area contributed by atoms with Crippen molar-refractivity contribution in [3.05, 3.63) is 59.3 Å². The molecular formula is C20H24FN5O. The Balaban J connectivity index is 1.69. The van der Waals surface area contributed by atoms with Gasteiger partial charge in [-0.2, -0.15) is 4.98 Å². The molecule has 0 spiro atoms. The van der Waals surface area contributed by atoms with E-state index in [-0.39, 0.29) is 11.7 Å². The summed E-state index contributed by atoms with van der Waals surface area (Å²) >= 11 is 0. The van der Waals surface area contributed by atoms with E-state index < -0.39 is 0 Å². The molecule has 0 aliphatic heterocycles. The van der Waals surface area contributed by atoms with Crippen molar-refractivity contribution in [2.24, 2.45) is 0 Å². The average molecular weight is 369 g/mol. The fourth-order valence-electron chi connectivity index (χ4n) is 2.61. The largest absolute Gasteiger partial charge is 0.366 e. The first-order valence-electron chi connectivity index (χ1n) is 8.88. The minimum Gasteiger partial charge on any atom is -0.366 e.